The van der Waals surface area contributed by atoms with Crippen LogP contribution in [0.15, 0.2) is 36.8 Å². The lowest BCUT2D eigenvalue weighted by Gasteiger charge is -2.00. The van der Waals surface area contributed by atoms with Crippen molar-refractivity contribution in [3.05, 3.63) is 48.0 Å². The average Bonchev–Trinajstić information content (AvgIpc) is 2.82. The Labute approximate surface area is 105 Å². The van der Waals surface area contributed by atoms with Crippen LogP contribution in [0.1, 0.15) is 11.3 Å². The van der Waals surface area contributed by atoms with E-state index in [-0.39, 0.29) is 0 Å². The van der Waals surface area contributed by atoms with Crippen LogP contribution in [-0.4, -0.2) is 15.0 Å². The fourth-order valence-corrected chi connectivity index (χ4v) is 2.05. The molecule has 4 nitrogen and oxygen atoms in total. The van der Waals surface area contributed by atoms with Gasteiger partial charge in [0.05, 0.1) is 23.8 Å². The van der Waals surface area contributed by atoms with Gasteiger partial charge in [0.25, 0.3) is 0 Å². The van der Waals surface area contributed by atoms with Gasteiger partial charge in [-0.05, 0) is 19.1 Å². The van der Waals surface area contributed by atoms with Crippen molar-refractivity contribution in [1.82, 2.24) is 15.0 Å². The van der Waals surface area contributed by atoms with Gasteiger partial charge in [-0.25, -0.2) is 0 Å². The molecule has 2 aromatic heterocycles. The minimum atomic E-state index is 0.417. The number of nitrogens with one attached hydrogen (secondary N) is 1. The first kappa shape index (κ1) is 10.9. The third kappa shape index (κ3) is 1.76. The van der Waals surface area contributed by atoms with Crippen LogP contribution in [0.4, 0.5) is 0 Å². The van der Waals surface area contributed by atoms with Crippen LogP contribution >= 0.6 is 0 Å². The van der Waals surface area contributed by atoms with Gasteiger partial charge in [0.2, 0.25) is 0 Å². The molecule has 0 saturated carbocycles. The summed E-state index contributed by atoms with van der Waals surface area (Å²) < 4.78 is 0. The van der Waals surface area contributed by atoms with Crippen molar-refractivity contribution in [2.24, 2.45) is 5.73 Å². The Hall–Kier alpha value is -2.20. The molecule has 1 aromatic carbocycles. The summed E-state index contributed by atoms with van der Waals surface area (Å²) >= 11 is 0. The zero-order valence-electron chi connectivity index (χ0n) is 10.1. The van der Waals surface area contributed by atoms with Crippen molar-refractivity contribution in [3.63, 3.8) is 0 Å². The molecule has 4 heteroatoms. The number of nitrogens with zero attached hydrogens (tertiary/aromatic N) is 2. The fourth-order valence-electron chi connectivity index (χ4n) is 2.05. The molecule has 18 heavy (non-hydrogen) atoms. The van der Waals surface area contributed by atoms with E-state index in [0.717, 1.165) is 22.5 Å². The Kier molecular flexibility index (Phi) is 2.57. The second-order valence-electron chi connectivity index (χ2n) is 4.35. The lowest BCUT2D eigenvalue weighted by Crippen LogP contribution is -2.00. The van der Waals surface area contributed by atoms with Gasteiger partial charge in [0.1, 0.15) is 0 Å². The van der Waals surface area contributed by atoms with Crippen LogP contribution in [0.25, 0.3) is 22.2 Å². The molecule has 0 saturated heterocycles. The number of H-pyrrole nitrogens is 1. The van der Waals surface area contributed by atoms with Gasteiger partial charge >= 0.3 is 0 Å². The van der Waals surface area contributed by atoms with Crippen LogP contribution in [0, 0.1) is 6.92 Å². The molecule has 0 aliphatic carbocycles. The Bertz CT molecular complexity index is 683. The third-order valence-corrected chi connectivity index (χ3v) is 3.03. The van der Waals surface area contributed by atoms with E-state index in [0.29, 0.717) is 6.54 Å². The zero-order chi connectivity index (χ0) is 12.5. The molecule has 0 radical (unpaired) electrons. The van der Waals surface area contributed by atoms with E-state index in [9.17, 15) is 0 Å². The second kappa shape index (κ2) is 4.23. The van der Waals surface area contributed by atoms with Crippen LogP contribution in [-0.2, 0) is 6.54 Å². The van der Waals surface area contributed by atoms with Crippen LogP contribution in [0.3, 0.4) is 0 Å². The van der Waals surface area contributed by atoms with E-state index in [4.69, 9.17) is 5.73 Å². The Morgan fingerprint density at radius 3 is 2.83 bits per heavy atom. The smallest absolute Gasteiger partial charge is 0.0906 e. The number of hydrogen-bond acceptors (Lipinski definition) is 3. The molecule has 3 aromatic rings. The number of hydrogen-bond donors (Lipinski definition) is 2. The minimum Gasteiger partial charge on any atom is -0.360 e. The summed E-state index contributed by atoms with van der Waals surface area (Å²) in [7, 11) is 0. The second-order valence-corrected chi connectivity index (χ2v) is 4.35. The first-order valence-corrected chi connectivity index (χ1v) is 5.87. The van der Waals surface area contributed by atoms with Crippen LogP contribution in [0.2, 0.25) is 0 Å². The highest BCUT2D eigenvalue weighted by Gasteiger charge is 2.07. The van der Waals surface area contributed by atoms with Gasteiger partial charge in [0.15, 0.2) is 0 Å². The third-order valence-electron chi connectivity index (χ3n) is 3.03. The summed E-state index contributed by atoms with van der Waals surface area (Å²) in [5.41, 5.74) is 10.6. The van der Waals surface area contributed by atoms with Crippen molar-refractivity contribution in [2.45, 2.75) is 13.5 Å². The quantitative estimate of drug-likeness (QED) is 0.720. The number of rotatable bonds is 2. The molecule has 0 amide bonds. The summed E-state index contributed by atoms with van der Waals surface area (Å²) in [6.45, 7) is 2.50. The zero-order valence-corrected chi connectivity index (χ0v) is 10.1. The van der Waals surface area contributed by atoms with E-state index >= 15 is 0 Å². The topological polar surface area (TPSA) is 67.6 Å². The van der Waals surface area contributed by atoms with E-state index in [1.165, 1.54) is 10.9 Å². The Morgan fingerprint density at radius 2 is 2.11 bits per heavy atom. The maximum absolute atomic E-state index is 5.52. The van der Waals surface area contributed by atoms with Gasteiger partial charge < -0.3 is 10.7 Å². The van der Waals surface area contributed by atoms with E-state index in [1.807, 2.05) is 6.20 Å². The molecule has 0 unspecified atom stereocenters. The molecule has 0 spiro atoms. The van der Waals surface area contributed by atoms with Crippen molar-refractivity contribution in [3.8, 4) is 11.3 Å². The summed E-state index contributed by atoms with van der Waals surface area (Å²) in [6.07, 6.45) is 5.47. The molecule has 0 atom stereocenters. The largest absolute Gasteiger partial charge is 0.360 e. The van der Waals surface area contributed by atoms with Crippen molar-refractivity contribution in [2.75, 3.05) is 0 Å². The predicted octanol–water partition coefficient (Wildman–Crippen LogP) is 2.39. The Balaban J connectivity index is 2.15. The van der Waals surface area contributed by atoms with Crippen molar-refractivity contribution >= 4 is 10.9 Å². The van der Waals surface area contributed by atoms with E-state index in [1.54, 1.807) is 12.4 Å². The molecular weight excluding hydrogens is 224 g/mol. The molecule has 0 bridgehead atoms. The first-order valence-electron chi connectivity index (χ1n) is 5.87. The molecule has 2 heterocycles. The monoisotopic (exact) mass is 238 g/mol. The molecule has 0 aliphatic heterocycles. The van der Waals surface area contributed by atoms with Crippen molar-refractivity contribution in [1.29, 1.82) is 0 Å². The van der Waals surface area contributed by atoms with E-state index in [2.05, 4.69) is 40.1 Å². The molecule has 0 aliphatic rings. The number of aromatic nitrogens is 3. The van der Waals surface area contributed by atoms with Crippen LogP contribution < -0.4 is 5.73 Å². The molecular formula is C14H14N4. The summed E-state index contributed by atoms with van der Waals surface area (Å²) in [4.78, 5) is 11.9. The van der Waals surface area contributed by atoms with Crippen LogP contribution in [0.5, 0.6) is 0 Å². The summed E-state index contributed by atoms with van der Waals surface area (Å²) in [5.74, 6) is 0. The number of aromatic amines is 1. The molecule has 0 fully saturated rings. The number of aryl methyl sites for hydroxylation is 1. The fraction of sp³-hybridized carbons (Fsp3) is 0.143. The maximum atomic E-state index is 5.52. The minimum absolute atomic E-state index is 0.417. The highest BCUT2D eigenvalue weighted by molar-refractivity contribution is 5.94. The number of nitrogens with two attached hydrogens (primary N) is 1. The molecule has 3 N–H and O–H groups in total. The summed E-state index contributed by atoms with van der Waals surface area (Å²) in [5, 5.41) is 1.17. The van der Waals surface area contributed by atoms with Gasteiger partial charge in [-0.1, -0.05) is 11.6 Å². The Morgan fingerprint density at radius 1 is 1.22 bits per heavy atom. The van der Waals surface area contributed by atoms with Gasteiger partial charge in [-0.2, -0.15) is 0 Å². The van der Waals surface area contributed by atoms with Gasteiger partial charge in [-0.3, -0.25) is 9.97 Å². The van der Waals surface area contributed by atoms with Gasteiger partial charge in [-0.15, -0.1) is 0 Å². The SMILES string of the molecule is Cc1ccc2[nH]cc(-c3cnc(CN)cn3)c2c1. The molecule has 3 rings (SSSR count). The highest BCUT2D eigenvalue weighted by Crippen LogP contribution is 2.27. The lowest BCUT2D eigenvalue weighted by atomic mass is 10.1. The lowest BCUT2D eigenvalue weighted by molar-refractivity contribution is 0.966. The predicted molar refractivity (Wildman–Crippen MR) is 72.0 cm³/mol. The maximum Gasteiger partial charge on any atom is 0.0906 e. The summed E-state index contributed by atoms with van der Waals surface area (Å²) in [6, 6.07) is 6.32. The van der Waals surface area contributed by atoms with Gasteiger partial charge in [0, 0.05) is 29.2 Å². The average molecular weight is 238 g/mol. The highest BCUT2D eigenvalue weighted by atomic mass is 14.8. The number of fused-ring (bicyclic) bond motifs is 1. The molecule has 90 valence electrons. The van der Waals surface area contributed by atoms with Crippen molar-refractivity contribution < 1.29 is 0 Å². The first-order chi connectivity index (χ1) is 8.78. The number of benzene rings is 1. The van der Waals surface area contributed by atoms with E-state index < -0.39 is 0 Å². The normalized spacial score (nSPS) is 11.0. The standard InChI is InChI=1S/C14H14N4/c1-9-2-3-13-11(4-9)12(7-18-13)14-8-16-10(5-15)6-17-14/h2-4,6-8,18H,5,15H2,1H3.